The van der Waals surface area contributed by atoms with Crippen LogP contribution in [0.2, 0.25) is 0 Å². The predicted molar refractivity (Wildman–Crippen MR) is 38.7 cm³/mol. The summed E-state index contributed by atoms with van der Waals surface area (Å²) >= 11 is 0. The summed E-state index contributed by atoms with van der Waals surface area (Å²) in [4.78, 5) is 0. The van der Waals surface area contributed by atoms with Crippen molar-refractivity contribution in [3.05, 3.63) is 0 Å². The van der Waals surface area contributed by atoms with Gasteiger partial charge in [-0.25, -0.2) is 0 Å². The monoisotopic (exact) mass is 145 g/mol. The first-order valence-electron chi connectivity index (χ1n) is 3.68. The molecule has 1 nitrogen and oxygen atoms in total. The lowest BCUT2D eigenvalue weighted by Gasteiger charge is -2.07. The van der Waals surface area contributed by atoms with Crippen LogP contribution in [0.4, 0.5) is 0 Å². The van der Waals surface area contributed by atoms with E-state index in [1.54, 1.807) is 6.42 Å². The maximum Gasteiger partial charge on any atom is 0.0101 e. The van der Waals surface area contributed by atoms with E-state index in [1.165, 1.54) is 18.9 Å². The highest BCUT2D eigenvalue weighted by molar-refractivity contribution is 5.85. The Balaban J connectivity index is 0.000000333. The number of hydrogen-bond donors (Lipinski definition) is 1. The third-order valence-corrected chi connectivity index (χ3v) is 3.21. The Kier molecular flexibility index (Phi) is 1.09. The maximum absolute atomic E-state index is 3.55. The van der Waals surface area contributed by atoms with E-state index in [0.717, 1.165) is 17.9 Å². The Morgan fingerprint density at radius 2 is 2.00 bits per heavy atom. The molecule has 1 heterocycles. The Morgan fingerprint density at radius 3 is 2.44 bits per heavy atom. The summed E-state index contributed by atoms with van der Waals surface area (Å²) in [7, 11) is 0. The molecule has 2 aliphatic carbocycles. The van der Waals surface area contributed by atoms with Gasteiger partial charge in [0.1, 0.15) is 0 Å². The van der Waals surface area contributed by atoms with Crippen molar-refractivity contribution in [1.82, 2.24) is 5.32 Å². The van der Waals surface area contributed by atoms with Gasteiger partial charge >= 0.3 is 0 Å². The number of rotatable bonds is 0. The van der Waals surface area contributed by atoms with Gasteiger partial charge in [-0.3, -0.25) is 0 Å². The van der Waals surface area contributed by atoms with Crippen molar-refractivity contribution < 1.29 is 0 Å². The van der Waals surface area contributed by atoms with E-state index in [4.69, 9.17) is 0 Å². The van der Waals surface area contributed by atoms with Gasteiger partial charge in [0.25, 0.3) is 0 Å². The molecule has 0 aromatic heterocycles. The summed E-state index contributed by atoms with van der Waals surface area (Å²) in [6.45, 7) is 1.34. The zero-order valence-electron chi connectivity index (χ0n) is 5.34. The minimum atomic E-state index is 0. The van der Waals surface area contributed by atoms with Gasteiger partial charge in [-0.2, -0.15) is 0 Å². The fourth-order valence-corrected chi connectivity index (χ4v) is 2.69. The Bertz CT molecular complexity index is 123. The quantitative estimate of drug-likeness (QED) is 0.537. The van der Waals surface area contributed by atoms with Gasteiger partial charge in [0.05, 0.1) is 0 Å². The fraction of sp³-hybridized carbons (Fsp3) is 1.00. The lowest BCUT2D eigenvalue weighted by Crippen LogP contribution is -2.26. The van der Waals surface area contributed by atoms with Crippen LogP contribution in [0, 0.1) is 17.8 Å². The van der Waals surface area contributed by atoms with Crippen LogP contribution in [-0.4, -0.2) is 12.6 Å². The molecular weight excluding hydrogens is 134 g/mol. The number of nitrogens with one attached hydrogen (secondary N) is 1. The van der Waals surface area contributed by atoms with E-state index in [2.05, 4.69) is 5.32 Å². The van der Waals surface area contributed by atoms with Gasteiger partial charge in [-0.1, -0.05) is 0 Å². The van der Waals surface area contributed by atoms with Crippen molar-refractivity contribution in [2.75, 3.05) is 6.54 Å². The lowest BCUT2D eigenvalue weighted by molar-refractivity contribution is 0.480. The number of hydrogen-bond acceptors (Lipinski definition) is 1. The molecule has 0 unspecified atom stereocenters. The van der Waals surface area contributed by atoms with Crippen molar-refractivity contribution in [2.24, 2.45) is 17.8 Å². The van der Waals surface area contributed by atoms with Gasteiger partial charge in [0.15, 0.2) is 0 Å². The first-order chi connectivity index (χ1) is 3.95. The second-order valence-electron chi connectivity index (χ2n) is 3.57. The first-order valence-corrected chi connectivity index (χ1v) is 3.68. The van der Waals surface area contributed by atoms with E-state index >= 15 is 0 Å². The lowest BCUT2D eigenvalue weighted by atomic mass is 10.1. The summed E-state index contributed by atoms with van der Waals surface area (Å²) < 4.78 is 0. The van der Waals surface area contributed by atoms with Gasteiger partial charge in [0.2, 0.25) is 0 Å². The van der Waals surface area contributed by atoms with Crippen LogP contribution < -0.4 is 5.32 Å². The molecular formula is C7H12ClN. The van der Waals surface area contributed by atoms with Crippen molar-refractivity contribution in [3.63, 3.8) is 0 Å². The van der Waals surface area contributed by atoms with Crippen LogP contribution in [0.15, 0.2) is 0 Å². The molecule has 3 rings (SSSR count). The molecule has 1 saturated heterocycles. The smallest absolute Gasteiger partial charge is 0.0101 e. The summed E-state index contributed by atoms with van der Waals surface area (Å²) in [5.74, 6) is 3.42. The molecule has 0 amide bonds. The Labute approximate surface area is 61.6 Å². The van der Waals surface area contributed by atoms with E-state index in [-0.39, 0.29) is 12.4 Å². The van der Waals surface area contributed by atoms with E-state index in [0.29, 0.717) is 0 Å². The molecule has 2 bridgehead atoms. The second kappa shape index (κ2) is 1.64. The van der Waals surface area contributed by atoms with Crippen molar-refractivity contribution in [2.45, 2.75) is 18.9 Å². The fourth-order valence-electron chi connectivity index (χ4n) is 2.69. The molecule has 52 valence electrons. The molecule has 2 heteroatoms. The third kappa shape index (κ3) is 0.596. The van der Waals surface area contributed by atoms with Gasteiger partial charge in [-0.15, -0.1) is 12.4 Å². The summed E-state index contributed by atoms with van der Waals surface area (Å²) in [5.41, 5.74) is 0. The molecule has 0 aromatic carbocycles. The highest BCUT2D eigenvalue weighted by atomic mass is 35.5. The van der Waals surface area contributed by atoms with Crippen LogP contribution in [0.1, 0.15) is 12.8 Å². The normalized spacial score (nSPS) is 58.7. The van der Waals surface area contributed by atoms with Crippen molar-refractivity contribution in [3.8, 4) is 0 Å². The molecule has 1 aliphatic heterocycles. The maximum atomic E-state index is 3.55. The van der Waals surface area contributed by atoms with Gasteiger partial charge < -0.3 is 5.32 Å². The molecule has 0 radical (unpaired) electrons. The SMILES string of the molecule is C1N[C@H]2C[C@@H]1[C@@H]1C[C@@H]12.Cl. The Morgan fingerprint density at radius 1 is 1.11 bits per heavy atom. The molecule has 0 spiro atoms. The average molecular weight is 146 g/mol. The zero-order chi connectivity index (χ0) is 5.14. The molecule has 9 heavy (non-hydrogen) atoms. The number of piperidine rings is 1. The highest BCUT2D eigenvalue weighted by Gasteiger charge is 2.57. The van der Waals surface area contributed by atoms with Crippen LogP contribution in [0.25, 0.3) is 0 Å². The van der Waals surface area contributed by atoms with Crippen LogP contribution in [0.3, 0.4) is 0 Å². The van der Waals surface area contributed by atoms with Crippen LogP contribution in [-0.2, 0) is 0 Å². The standard InChI is InChI=1S/C7H11N.ClH/c1-4-3-8-7(1)6-2-5(4)6;/h4-8H,1-3H2;1H/t4-,5-,6-,7-;/m0./s1. The minimum absolute atomic E-state index is 0. The Hall–Kier alpha value is 0.250. The largest absolute Gasteiger partial charge is 0.313 e. The number of halogens is 1. The van der Waals surface area contributed by atoms with E-state index in [1.807, 2.05) is 0 Å². The van der Waals surface area contributed by atoms with Gasteiger partial charge in [-0.05, 0) is 37.1 Å². The topological polar surface area (TPSA) is 12.0 Å². The zero-order valence-corrected chi connectivity index (χ0v) is 6.16. The van der Waals surface area contributed by atoms with Crippen LogP contribution >= 0.6 is 12.4 Å². The minimum Gasteiger partial charge on any atom is -0.313 e. The third-order valence-electron chi connectivity index (χ3n) is 3.21. The van der Waals surface area contributed by atoms with Crippen LogP contribution in [0.5, 0.6) is 0 Å². The summed E-state index contributed by atoms with van der Waals surface area (Å²) in [6.07, 6.45) is 3.07. The summed E-state index contributed by atoms with van der Waals surface area (Å²) in [6, 6.07) is 0.963. The van der Waals surface area contributed by atoms with Crippen molar-refractivity contribution in [1.29, 1.82) is 0 Å². The molecule has 1 N–H and O–H groups in total. The predicted octanol–water partition coefficient (Wildman–Crippen LogP) is 1.04. The molecule has 3 fully saturated rings. The van der Waals surface area contributed by atoms with E-state index in [9.17, 15) is 0 Å². The van der Waals surface area contributed by atoms with Crippen molar-refractivity contribution >= 4 is 12.4 Å². The molecule has 4 atom stereocenters. The molecule has 2 saturated carbocycles. The molecule has 0 aromatic rings. The highest BCUT2D eigenvalue weighted by Crippen LogP contribution is 2.57. The second-order valence-corrected chi connectivity index (χ2v) is 3.57. The molecule has 3 aliphatic rings. The average Bonchev–Trinajstić information content (AvgIpc) is 2.39. The van der Waals surface area contributed by atoms with Gasteiger partial charge in [0, 0.05) is 6.04 Å². The number of fused-ring (bicyclic) bond motifs is 5. The van der Waals surface area contributed by atoms with E-state index < -0.39 is 0 Å². The first kappa shape index (κ1) is 5.99. The summed E-state index contributed by atoms with van der Waals surface area (Å²) in [5, 5.41) is 3.55.